The molecule has 0 N–H and O–H groups in total. The second kappa shape index (κ2) is 8.95. The number of benzene rings is 1. The highest BCUT2D eigenvalue weighted by atomic mass is 32.1. The lowest BCUT2D eigenvalue weighted by molar-refractivity contribution is 0.0369. The van der Waals surface area contributed by atoms with Crippen molar-refractivity contribution in [3.8, 4) is 0 Å². The Kier molecular flexibility index (Phi) is 6.63. The van der Waals surface area contributed by atoms with E-state index in [-0.39, 0.29) is 5.78 Å². The van der Waals surface area contributed by atoms with Crippen LogP contribution in [-0.4, -0.2) is 48.1 Å². The van der Waals surface area contributed by atoms with Crippen LogP contribution >= 0.6 is 11.3 Å². The van der Waals surface area contributed by atoms with Gasteiger partial charge in [-0.25, -0.2) is 4.99 Å². The van der Waals surface area contributed by atoms with Crippen molar-refractivity contribution in [2.24, 2.45) is 4.99 Å². The van der Waals surface area contributed by atoms with Crippen LogP contribution in [0.15, 0.2) is 23.2 Å². The summed E-state index contributed by atoms with van der Waals surface area (Å²) in [6.07, 6.45) is 1.04. The van der Waals surface area contributed by atoms with Crippen LogP contribution in [0.25, 0.3) is 0 Å². The number of hydrogen-bond donors (Lipinski definition) is 0. The summed E-state index contributed by atoms with van der Waals surface area (Å²) >= 11 is 1.50. The van der Waals surface area contributed by atoms with Crippen molar-refractivity contribution < 1.29 is 9.53 Å². The Morgan fingerprint density at radius 3 is 2.56 bits per heavy atom. The largest absolute Gasteiger partial charge is 0.379 e. The Bertz CT molecular complexity index is 876. The summed E-state index contributed by atoms with van der Waals surface area (Å²) < 4.78 is 7.62. The lowest BCUT2D eigenvalue weighted by Crippen LogP contribution is -2.37. The molecule has 6 heteroatoms. The highest BCUT2D eigenvalue weighted by molar-refractivity contribution is 7.11. The number of morpholine rings is 1. The third kappa shape index (κ3) is 4.94. The number of ketones is 1. The van der Waals surface area contributed by atoms with E-state index in [1.165, 1.54) is 22.5 Å². The normalized spacial score (nSPS) is 16.1. The molecule has 0 saturated carbocycles. The molecule has 2 aromatic rings. The van der Waals surface area contributed by atoms with Crippen LogP contribution in [0.3, 0.4) is 0 Å². The Morgan fingerprint density at radius 1 is 1.15 bits per heavy atom. The van der Waals surface area contributed by atoms with Gasteiger partial charge in [-0.3, -0.25) is 9.69 Å². The van der Waals surface area contributed by atoms with Crippen LogP contribution in [0.5, 0.6) is 0 Å². The number of aromatic nitrogens is 1. The third-order valence-corrected chi connectivity index (χ3v) is 6.43. The molecule has 27 heavy (non-hydrogen) atoms. The van der Waals surface area contributed by atoms with Crippen LogP contribution in [0.4, 0.5) is 5.69 Å². The number of hydrogen-bond acceptors (Lipinski definition) is 5. The number of carbonyl (C=O) groups excluding carboxylic acids is 1. The topological polar surface area (TPSA) is 46.8 Å². The summed E-state index contributed by atoms with van der Waals surface area (Å²) in [5.74, 6) is 0.112. The van der Waals surface area contributed by atoms with E-state index >= 15 is 0 Å². The minimum atomic E-state index is 0.112. The molecule has 1 aromatic carbocycles. The Hall–Kier alpha value is -1.76. The number of nitrogens with zero attached hydrogens (tertiary/aromatic N) is 3. The van der Waals surface area contributed by atoms with E-state index in [9.17, 15) is 4.79 Å². The predicted molar refractivity (Wildman–Crippen MR) is 110 cm³/mol. The van der Waals surface area contributed by atoms with E-state index in [2.05, 4.69) is 35.4 Å². The molecule has 2 heterocycles. The average molecular weight is 388 g/mol. The van der Waals surface area contributed by atoms with E-state index < -0.39 is 0 Å². The first-order valence-corrected chi connectivity index (χ1v) is 10.4. The third-order valence-electron chi connectivity index (χ3n) is 5.15. The number of thiazole rings is 1. The molecular weight excluding hydrogens is 358 g/mol. The van der Waals surface area contributed by atoms with E-state index in [4.69, 9.17) is 9.73 Å². The summed E-state index contributed by atoms with van der Waals surface area (Å²) in [5, 5.41) is 0. The first-order chi connectivity index (χ1) is 13.0. The number of aryl methyl sites for hydroxylation is 2. The summed E-state index contributed by atoms with van der Waals surface area (Å²) in [6, 6.07) is 6.25. The number of rotatable bonds is 6. The van der Waals surface area contributed by atoms with Gasteiger partial charge in [-0.1, -0.05) is 17.4 Å². The molecule has 0 bridgehead atoms. The van der Waals surface area contributed by atoms with Crippen molar-refractivity contribution in [2.45, 2.75) is 40.7 Å². The monoisotopic (exact) mass is 387 g/mol. The molecule has 1 fully saturated rings. The predicted octanol–water partition coefficient (Wildman–Crippen LogP) is 3.63. The highest BCUT2D eigenvalue weighted by Crippen LogP contribution is 2.19. The SMILES string of the molecule is CC(=O)c1sc(=Nc2ccc(C)c(C)c2)n(CCCN2CCOCC2)c1C. The van der Waals surface area contributed by atoms with Crippen molar-refractivity contribution >= 4 is 22.8 Å². The second-order valence-corrected chi connectivity index (χ2v) is 8.17. The van der Waals surface area contributed by atoms with Gasteiger partial charge >= 0.3 is 0 Å². The second-order valence-electron chi connectivity index (χ2n) is 7.19. The quantitative estimate of drug-likeness (QED) is 0.711. The number of carbonyl (C=O) groups is 1. The summed E-state index contributed by atoms with van der Waals surface area (Å²) in [5.41, 5.74) is 4.46. The van der Waals surface area contributed by atoms with Gasteiger partial charge in [0.05, 0.1) is 23.8 Å². The minimum absolute atomic E-state index is 0.112. The first kappa shape index (κ1) is 20.0. The lowest BCUT2D eigenvalue weighted by Gasteiger charge is -2.26. The molecule has 146 valence electrons. The van der Waals surface area contributed by atoms with Gasteiger partial charge < -0.3 is 9.30 Å². The fraction of sp³-hybridized carbons (Fsp3) is 0.524. The van der Waals surface area contributed by atoms with Gasteiger partial charge in [-0.05, 0) is 50.5 Å². The number of ether oxygens (including phenoxy) is 1. The van der Waals surface area contributed by atoms with Gasteiger partial charge in [0.2, 0.25) is 0 Å². The van der Waals surface area contributed by atoms with Crippen molar-refractivity contribution in [3.63, 3.8) is 0 Å². The van der Waals surface area contributed by atoms with Crippen molar-refractivity contribution in [2.75, 3.05) is 32.8 Å². The maximum atomic E-state index is 12.0. The Balaban J connectivity index is 1.85. The fourth-order valence-corrected chi connectivity index (χ4v) is 4.42. The number of Topliss-reactive ketones (excluding diaryl/α,β-unsaturated/α-hetero) is 1. The van der Waals surface area contributed by atoms with Crippen molar-refractivity contribution in [3.05, 3.63) is 44.7 Å². The molecule has 1 aliphatic rings. The summed E-state index contributed by atoms with van der Waals surface area (Å²) in [4.78, 5) is 21.1. The van der Waals surface area contributed by atoms with E-state index in [0.717, 1.165) is 66.9 Å². The zero-order chi connectivity index (χ0) is 19.4. The Labute approximate surface area is 165 Å². The average Bonchev–Trinajstić information content (AvgIpc) is 2.95. The van der Waals surface area contributed by atoms with E-state index in [0.29, 0.717) is 0 Å². The van der Waals surface area contributed by atoms with E-state index in [1.54, 1.807) is 6.92 Å². The van der Waals surface area contributed by atoms with Crippen LogP contribution in [-0.2, 0) is 11.3 Å². The van der Waals surface area contributed by atoms with Crippen LogP contribution in [0.1, 0.15) is 39.8 Å². The van der Waals surface area contributed by atoms with Gasteiger partial charge in [0, 0.05) is 38.8 Å². The zero-order valence-corrected chi connectivity index (χ0v) is 17.6. The van der Waals surface area contributed by atoms with Crippen LogP contribution in [0.2, 0.25) is 0 Å². The minimum Gasteiger partial charge on any atom is -0.379 e. The molecular formula is C21H29N3O2S. The van der Waals surface area contributed by atoms with Gasteiger partial charge in [0.25, 0.3) is 0 Å². The summed E-state index contributed by atoms with van der Waals surface area (Å²) in [7, 11) is 0. The van der Waals surface area contributed by atoms with Crippen molar-refractivity contribution in [1.82, 2.24) is 9.47 Å². The highest BCUT2D eigenvalue weighted by Gasteiger charge is 2.15. The Morgan fingerprint density at radius 2 is 1.89 bits per heavy atom. The molecule has 0 amide bonds. The van der Waals surface area contributed by atoms with Gasteiger partial charge in [-0.2, -0.15) is 0 Å². The molecule has 0 spiro atoms. The maximum absolute atomic E-state index is 12.0. The summed E-state index contributed by atoms with van der Waals surface area (Å²) in [6.45, 7) is 13.5. The molecule has 0 atom stereocenters. The lowest BCUT2D eigenvalue weighted by atomic mass is 10.1. The fourth-order valence-electron chi connectivity index (χ4n) is 3.34. The molecule has 0 aliphatic carbocycles. The van der Waals surface area contributed by atoms with Crippen molar-refractivity contribution in [1.29, 1.82) is 0 Å². The standard InChI is InChI=1S/C21H29N3O2S/c1-15-6-7-19(14-16(15)2)22-21-24(17(3)20(27-21)18(4)25)9-5-8-23-10-12-26-13-11-23/h6-7,14H,5,8-13H2,1-4H3. The molecule has 1 saturated heterocycles. The van der Waals surface area contributed by atoms with Crippen LogP contribution in [0, 0.1) is 20.8 Å². The van der Waals surface area contributed by atoms with Gasteiger partial charge in [0.15, 0.2) is 10.6 Å². The zero-order valence-electron chi connectivity index (χ0n) is 16.7. The molecule has 0 unspecified atom stereocenters. The molecule has 1 aromatic heterocycles. The smallest absolute Gasteiger partial charge is 0.190 e. The molecule has 5 nitrogen and oxygen atoms in total. The van der Waals surface area contributed by atoms with Gasteiger partial charge in [0.1, 0.15) is 0 Å². The van der Waals surface area contributed by atoms with Crippen LogP contribution < -0.4 is 4.80 Å². The van der Waals surface area contributed by atoms with E-state index in [1.807, 2.05) is 13.0 Å². The van der Waals surface area contributed by atoms with Gasteiger partial charge in [-0.15, -0.1) is 0 Å². The molecule has 3 rings (SSSR count). The molecule has 0 radical (unpaired) electrons. The molecule has 1 aliphatic heterocycles. The maximum Gasteiger partial charge on any atom is 0.190 e. The first-order valence-electron chi connectivity index (χ1n) is 9.59.